The second-order valence-electron chi connectivity index (χ2n) is 7.02. The van der Waals surface area contributed by atoms with E-state index in [0.29, 0.717) is 26.1 Å². The lowest BCUT2D eigenvalue weighted by Gasteiger charge is -2.29. The number of carbonyl (C=O) groups is 1. The monoisotopic (exact) mass is 361 g/mol. The van der Waals surface area contributed by atoms with Crippen LogP contribution in [0.2, 0.25) is 0 Å². The van der Waals surface area contributed by atoms with Crippen LogP contribution < -0.4 is 4.74 Å². The highest BCUT2D eigenvalue weighted by Gasteiger charge is 2.28. The first kappa shape index (κ1) is 17.3. The largest absolute Gasteiger partial charge is 0.491 e. The van der Waals surface area contributed by atoms with Gasteiger partial charge in [0.25, 0.3) is 0 Å². The van der Waals surface area contributed by atoms with Crippen molar-refractivity contribution in [2.24, 2.45) is 0 Å². The summed E-state index contributed by atoms with van der Waals surface area (Å²) >= 11 is 0. The lowest BCUT2D eigenvalue weighted by Crippen LogP contribution is -2.44. The number of hydrogen-bond donors (Lipinski definition) is 0. The van der Waals surface area contributed by atoms with Crippen LogP contribution in [-0.2, 0) is 24.3 Å². The molecule has 1 aliphatic rings. The molecule has 0 unspecified atom stereocenters. The number of rotatable bonds is 4. The number of nitrogens with zero attached hydrogens (tertiary/aromatic N) is 3. The molecule has 0 saturated carbocycles. The van der Waals surface area contributed by atoms with Crippen LogP contribution in [-0.4, -0.2) is 33.0 Å². The lowest BCUT2D eigenvalue weighted by molar-refractivity contribution is -0.134. The second-order valence-corrected chi connectivity index (χ2v) is 7.02. The van der Waals surface area contributed by atoms with Crippen molar-refractivity contribution < 1.29 is 9.53 Å². The highest BCUT2D eigenvalue weighted by Crippen LogP contribution is 2.26. The summed E-state index contributed by atoms with van der Waals surface area (Å²) in [6.45, 7) is 3.73. The van der Waals surface area contributed by atoms with E-state index in [4.69, 9.17) is 4.74 Å². The summed E-state index contributed by atoms with van der Waals surface area (Å²) in [7, 11) is 0. The molecule has 0 bridgehead atoms. The number of benzene rings is 2. The first-order valence-corrected chi connectivity index (χ1v) is 9.20. The Bertz CT molecular complexity index is 921. The number of fused-ring (bicyclic) bond motifs is 1. The molecule has 1 amide bonds. The van der Waals surface area contributed by atoms with E-state index >= 15 is 0 Å². The zero-order valence-electron chi connectivity index (χ0n) is 15.4. The van der Waals surface area contributed by atoms with E-state index in [-0.39, 0.29) is 11.9 Å². The molecule has 0 spiro atoms. The van der Waals surface area contributed by atoms with E-state index in [9.17, 15) is 4.79 Å². The maximum atomic E-state index is 13.2. The third-order valence-electron chi connectivity index (χ3n) is 4.92. The molecule has 0 fully saturated rings. The van der Waals surface area contributed by atoms with Crippen LogP contribution in [0.25, 0.3) is 0 Å². The van der Waals surface area contributed by atoms with E-state index < -0.39 is 0 Å². The molecule has 5 nitrogen and oxygen atoms in total. The number of para-hydroxylation sites is 1. The van der Waals surface area contributed by atoms with Crippen LogP contribution in [0.15, 0.2) is 67.3 Å². The molecule has 2 aromatic carbocycles. The molecular weight excluding hydrogens is 338 g/mol. The van der Waals surface area contributed by atoms with E-state index in [1.807, 2.05) is 65.1 Å². The molecule has 5 heteroatoms. The normalized spacial score (nSPS) is 16.3. The van der Waals surface area contributed by atoms with E-state index in [1.54, 1.807) is 12.5 Å². The zero-order chi connectivity index (χ0) is 18.6. The average molecular weight is 361 g/mol. The Morgan fingerprint density at radius 2 is 2.11 bits per heavy atom. The topological polar surface area (TPSA) is 47.4 Å². The van der Waals surface area contributed by atoms with Crippen molar-refractivity contribution in [2.45, 2.75) is 32.5 Å². The minimum atomic E-state index is -0.0519. The summed E-state index contributed by atoms with van der Waals surface area (Å²) in [6.07, 6.45) is 5.85. The fourth-order valence-corrected chi connectivity index (χ4v) is 3.54. The smallest absolute Gasteiger partial charge is 0.227 e. The maximum absolute atomic E-state index is 13.2. The van der Waals surface area contributed by atoms with Gasteiger partial charge in [-0.2, -0.15) is 0 Å². The first-order chi connectivity index (χ1) is 13.2. The molecule has 2 heterocycles. The number of aromatic nitrogens is 2. The number of hydrogen-bond acceptors (Lipinski definition) is 3. The van der Waals surface area contributed by atoms with Crippen LogP contribution in [0, 0.1) is 6.92 Å². The molecule has 27 heavy (non-hydrogen) atoms. The minimum absolute atomic E-state index is 0.0519. The minimum Gasteiger partial charge on any atom is -0.491 e. The Morgan fingerprint density at radius 3 is 2.93 bits per heavy atom. The highest BCUT2D eigenvalue weighted by molar-refractivity contribution is 5.79. The number of imidazole rings is 1. The second kappa shape index (κ2) is 7.66. The van der Waals surface area contributed by atoms with Gasteiger partial charge in [0, 0.05) is 31.0 Å². The Morgan fingerprint density at radius 1 is 1.22 bits per heavy atom. The predicted molar refractivity (Wildman–Crippen MR) is 103 cm³/mol. The van der Waals surface area contributed by atoms with Crippen molar-refractivity contribution in [1.82, 2.24) is 14.5 Å². The number of aryl methyl sites for hydroxylation is 1. The van der Waals surface area contributed by atoms with E-state index in [0.717, 1.165) is 16.9 Å². The molecule has 1 aromatic heterocycles. The van der Waals surface area contributed by atoms with Gasteiger partial charge in [-0.25, -0.2) is 4.98 Å². The van der Waals surface area contributed by atoms with Gasteiger partial charge >= 0.3 is 0 Å². The maximum Gasteiger partial charge on any atom is 0.227 e. The summed E-state index contributed by atoms with van der Waals surface area (Å²) in [5.41, 5.74) is 3.25. The van der Waals surface area contributed by atoms with Gasteiger partial charge in [0.2, 0.25) is 5.91 Å². The summed E-state index contributed by atoms with van der Waals surface area (Å²) in [4.78, 5) is 19.3. The Labute approximate surface area is 159 Å². The van der Waals surface area contributed by atoms with Gasteiger partial charge in [-0.3, -0.25) is 4.79 Å². The molecule has 1 atom stereocenters. The van der Waals surface area contributed by atoms with Crippen LogP contribution >= 0.6 is 0 Å². The van der Waals surface area contributed by atoms with E-state index in [2.05, 4.69) is 11.1 Å². The summed E-state index contributed by atoms with van der Waals surface area (Å²) in [6, 6.07) is 16.0. The molecule has 4 rings (SSSR count). The van der Waals surface area contributed by atoms with Crippen molar-refractivity contribution in [3.05, 3.63) is 83.9 Å². The van der Waals surface area contributed by atoms with Gasteiger partial charge in [-0.15, -0.1) is 0 Å². The third kappa shape index (κ3) is 4.03. The summed E-state index contributed by atoms with van der Waals surface area (Å²) in [5, 5.41) is 0. The molecule has 0 saturated heterocycles. The fourth-order valence-electron chi connectivity index (χ4n) is 3.54. The SMILES string of the molecule is Cc1cccc(CC(=O)N2Cc3ccccc3OC[C@H]2Cn2ccnc2)c1. The fraction of sp³-hybridized carbons (Fsp3) is 0.273. The standard InChI is InChI=1S/C22H23N3O2/c1-17-5-4-6-18(11-17)12-22(26)25-13-19-7-2-3-8-21(19)27-15-20(25)14-24-10-9-23-16-24/h2-11,16,20H,12-15H2,1H3/t20-/m1/s1. The Hall–Kier alpha value is -3.08. The predicted octanol–water partition coefficient (Wildman–Crippen LogP) is 3.22. The van der Waals surface area contributed by atoms with Gasteiger partial charge in [0.05, 0.1) is 18.8 Å². The Kier molecular flexibility index (Phi) is 4.92. The van der Waals surface area contributed by atoms with Gasteiger partial charge < -0.3 is 14.2 Å². The summed E-state index contributed by atoms with van der Waals surface area (Å²) in [5.74, 6) is 0.977. The quantitative estimate of drug-likeness (QED) is 0.717. The number of carbonyl (C=O) groups excluding carboxylic acids is 1. The van der Waals surface area contributed by atoms with Crippen LogP contribution in [0.5, 0.6) is 5.75 Å². The molecule has 138 valence electrons. The Balaban J connectivity index is 1.60. The highest BCUT2D eigenvalue weighted by atomic mass is 16.5. The van der Waals surface area contributed by atoms with Crippen molar-refractivity contribution >= 4 is 5.91 Å². The average Bonchev–Trinajstić information content (AvgIpc) is 3.10. The summed E-state index contributed by atoms with van der Waals surface area (Å²) < 4.78 is 8.03. The third-order valence-corrected chi connectivity index (χ3v) is 4.92. The zero-order valence-corrected chi connectivity index (χ0v) is 15.4. The lowest BCUT2D eigenvalue weighted by atomic mass is 10.1. The van der Waals surface area contributed by atoms with Crippen molar-refractivity contribution in [1.29, 1.82) is 0 Å². The van der Waals surface area contributed by atoms with Gasteiger partial charge in [-0.05, 0) is 18.6 Å². The molecule has 3 aromatic rings. The van der Waals surface area contributed by atoms with Crippen molar-refractivity contribution in [3.8, 4) is 5.75 Å². The molecule has 1 aliphatic heterocycles. The number of ether oxygens (including phenoxy) is 1. The van der Waals surface area contributed by atoms with Crippen molar-refractivity contribution in [2.75, 3.05) is 6.61 Å². The first-order valence-electron chi connectivity index (χ1n) is 9.20. The molecular formula is C22H23N3O2. The van der Waals surface area contributed by atoms with Gasteiger partial charge in [-0.1, -0.05) is 48.0 Å². The number of amides is 1. The molecule has 0 aliphatic carbocycles. The van der Waals surface area contributed by atoms with Crippen LogP contribution in [0.4, 0.5) is 0 Å². The van der Waals surface area contributed by atoms with E-state index in [1.165, 1.54) is 5.56 Å². The van der Waals surface area contributed by atoms with Crippen molar-refractivity contribution in [3.63, 3.8) is 0 Å². The van der Waals surface area contributed by atoms with Crippen LogP contribution in [0.1, 0.15) is 16.7 Å². The molecule has 0 N–H and O–H groups in total. The van der Waals surface area contributed by atoms with Crippen LogP contribution in [0.3, 0.4) is 0 Å². The van der Waals surface area contributed by atoms with Gasteiger partial charge in [0.15, 0.2) is 0 Å². The molecule has 0 radical (unpaired) electrons. The van der Waals surface area contributed by atoms with Gasteiger partial charge in [0.1, 0.15) is 12.4 Å².